The molecule has 2 heterocycles. The number of nitrogens with one attached hydrogen (secondary N) is 1. The number of nitrogens with zero attached hydrogens (tertiary/aromatic N) is 2. The Labute approximate surface area is 95.3 Å². The summed E-state index contributed by atoms with van der Waals surface area (Å²) in [7, 11) is 0. The normalized spacial score (nSPS) is 24.8. The van der Waals surface area contributed by atoms with Crippen LogP contribution in [-0.4, -0.2) is 24.2 Å². The Bertz CT molecular complexity index is 399. The maximum Gasteiger partial charge on any atom is 0.155 e. The van der Waals surface area contributed by atoms with Gasteiger partial charge in [0.2, 0.25) is 0 Å². The zero-order chi connectivity index (χ0) is 11.4. The van der Waals surface area contributed by atoms with E-state index < -0.39 is 0 Å². The average molecular weight is 217 g/mol. The van der Waals surface area contributed by atoms with Gasteiger partial charge in [-0.1, -0.05) is 6.92 Å². The van der Waals surface area contributed by atoms with E-state index in [0.29, 0.717) is 17.2 Å². The predicted octanol–water partition coefficient (Wildman–Crippen LogP) is 1.33. The largest absolute Gasteiger partial charge is 0.486 e. The zero-order valence-corrected chi connectivity index (χ0v) is 9.31. The lowest BCUT2D eigenvalue weighted by Crippen LogP contribution is -2.42. The molecule has 2 unspecified atom stereocenters. The Kier molecular flexibility index (Phi) is 3.37. The van der Waals surface area contributed by atoms with Crippen molar-refractivity contribution in [2.75, 3.05) is 13.1 Å². The number of piperidine rings is 1. The first-order chi connectivity index (χ1) is 7.81. The van der Waals surface area contributed by atoms with E-state index in [1.54, 1.807) is 18.5 Å². The summed E-state index contributed by atoms with van der Waals surface area (Å²) in [6, 6.07) is 3.79. The quantitative estimate of drug-likeness (QED) is 0.812. The standard InChI is InChI=1S/C12H15N3O/c1-9-2-4-14-7-11(9)16-12-8-15-5-3-10(12)6-13/h3,5,8-9,11,14H,2,4,7H2,1H3. The molecule has 1 saturated heterocycles. The molecular weight excluding hydrogens is 202 g/mol. The van der Waals surface area contributed by atoms with Gasteiger partial charge in [-0.2, -0.15) is 5.26 Å². The number of pyridine rings is 1. The predicted molar refractivity (Wildman–Crippen MR) is 60.0 cm³/mol. The molecule has 4 heteroatoms. The minimum absolute atomic E-state index is 0.130. The third-order valence-electron chi connectivity index (χ3n) is 2.94. The number of ether oxygens (including phenoxy) is 1. The molecule has 0 aliphatic carbocycles. The average Bonchev–Trinajstić information content (AvgIpc) is 2.33. The van der Waals surface area contributed by atoms with Crippen LogP contribution in [-0.2, 0) is 0 Å². The van der Waals surface area contributed by atoms with Gasteiger partial charge in [0.1, 0.15) is 12.2 Å². The summed E-state index contributed by atoms with van der Waals surface area (Å²) >= 11 is 0. The Morgan fingerprint density at radius 3 is 3.25 bits per heavy atom. The molecule has 1 N–H and O–H groups in total. The molecule has 0 bridgehead atoms. The van der Waals surface area contributed by atoms with Gasteiger partial charge in [-0.15, -0.1) is 0 Å². The van der Waals surface area contributed by atoms with Gasteiger partial charge in [-0.25, -0.2) is 0 Å². The van der Waals surface area contributed by atoms with E-state index in [2.05, 4.69) is 23.3 Å². The van der Waals surface area contributed by atoms with Gasteiger partial charge < -0.3 is 10.1 Å². The summed E-state index contributed by atoms with van der Waals surface area (Å²) < 4.78 is 5.84. The SMILES string of the molecule is CC1CCNCC1Oc1cnccc1C#N. The van der Waals surface area contributed by atoms with E-state index in [4.69, 9.17) is 10.00 Å². The van der Waals surface area contributed by atoms with Crippen molar-refractivity contribution in [3.05, 3.63) is 24.0 Å². The van der Waals surface area contributed by atoms with Gasteiger partial charge in [0.15, 0.2) is 5.75 Å². The second-order valence-electron chi connectivity index (χ2n) is 4.11. The Morgan fingerprint density at radius 1 is 1.62 bits per heavy atom. The van der Waals surface area contributed by atoms with E-state index in [0.717, 1.165) is 19.5 Å². The van der Waals surface area contributed by atoms with Crippen molar-refractivity contribution in [1.82, 2.24) is 10.3 Å². The van der Waals surface area contributed by atoms with Crippen molar-refractivity contribution < 1.29 is 4.74 Å². The molecule has 16 heavy (non-hydrogen) atoms. The first kappa shape index (κ1) is 10.9. The molecule has 0 radical (unpaired) electrons. The molecular formula is C12H15N3O. The second kappa shape index (κ2) is 4.95. The highest BCUT2D eigenvalue weighted by Gasteiger charge is 2.23. The summed E-state index contributed by atoms with van der Waals surface area (Å²) in [5, 5.41) is 12.2. The van der Waals surface area contributed by atoms with Gasteiger partial charge in [-0.3, -0.25) is 4.98 Å². The minimum Gasteiger partial charge on any atom is -0.486 e. The highest BCUT2D eigenvalue weighted by atomic mass is 16.5. The van der Waals surface area contributed by atoms with Gasteiger partial charge in [0, 0.05) is 12.7 Å². The van der Waals surface area contributed by atoms with Gasteiger partial charge in [-0.05, 0) is 24.9 Å². The van der Waals surface area contributed by atoms with E-state index in [9.17, 15) is 0 Å². The number of aromatic nitrogens is 1. The number of nitriles is 1. The second-order valence-corrected chi connectivity index (χ2v) is 4.11. The summed E-state index contributed by atoms with van der Waals surface area (Å²) in [4.78, 5) is 3.99. The van der Waals surface area contributed by atoms with Crippen molar-refractivity contribution in [3.8, 4) is 11.8 Å². The lowest BCUT2D eigenvalue weighted by molar-refractivity contribution is 0.114. The van der Waals surface area contributed by atoms with E-state index >= 15 is 0 Å². The summed E-state index contributed by atoms with van der Waals surface area (Å²) in [5.74, 6) is 1.10. The molecule has 0 spiro atoms. The molecule has 1 aliphatic rings. The van der Waals surface area contributed by atoms with Crippen LogP contribution in [0.25, 0.3) is 0 Å². The first-order valence-electron chi connectivity index (χ1n) is 5.52. The molecule has 1 aliphatic heterocycles. The highest BCUT2D eigenvalue weighted by Crippen LogP contribution is 2.21. The molecule has 2 atom stereocenters. The van der Waals surface area contributed by atoms with E-state index in [1.807, 2.05) is 0 Å². The fraction of sp³-hybridized carbons (Fsp3) is 0.500. The van der Waals surface area contributed by atoms with Crippen molar-refractivity contribution >= 4 is 0 Å². The maximum atomic E-state index is 8.94. The maximum absolute atomic E-state index is 8.94. The Balaban J connectivity index is 2.11. The molecule has 0 aromatic carbocycles. The Hall–Kier alpha value is -1.60. The van der Waals surface area contributed by atoms with Gasteiger partial charge in [0.25, 0.3) is 0 Å². The van der Waals surface area contributed by atoms with Crippen LogP contribution in [0.5, 0.6) is 5.75 Å². The molecule has 84 valence electrons. The van der Waals surface area contributed by atoms with Crippen LogP contribution in [0.4, 0.5) is 0 Å². The zero-order valence-electron chi connectivity index (χ0n) is 9.31. The van der Waals surface area contributed by atoms with Crippen LogP contribution in [0.1, 0.15) is 18.9 Å². The van der Waals surface area contributed by atoms with Crippen LogP contribution < -0.4 is 10.1 Å². The minimum atomic E-state index is 0.130. The van der Waals surface area contributed by atoms with Crippen molar-refractivity contribution in [1.29, 1.82) is 5.26 Å². The third kappa shape index (κ3) is 2.31. The molecule has 2 rings (SSSR count). The number of hydrogen-bond donors (Lipinski definition) is 1. The Morgan fingerprint density at radius 2 is 2.50 bits per heavy atom. The molecule has 1 fully saturated rings. The van der Waals surface area contributed by atoms with Crippen LogP contribution in [0.15, 0.2) is 18.5 Å². The summed E-state index contributed by atoms with van der Waals surface area (Å²) in [6.45, 7) is 4.05. The molecule has 0 saturated carbocycles. The van der Waals surface area contributed by atoms with Crippen molar-refractivity contribution in [2.45, 2.75) is 19.4 Å². The van der Waals surface area contributed by atoms with Crippen LogP contribution in [0, 0.1) is 17.2 Å². The van der Waals surface area contributed by atoms with Gasteiger partial charge >= 0.3 is 0 Å². The summed E-state index contributed by atoms with van der Waals surface area (Å²) in [6.07, 6.45) is 4.45. The fourth-order valence-electron chi connectivity index (χ4n) is 1.85. The van der Waals surface area contributed by atoms with Crippen LogP contribution >= 0.6 is 0 Å². The van der Waals surface area contributed by atoms with Crippen molar-refractivity contribution in [3.63, 3.8) is 0 Å². The molecule has 4 nitrogen and oxygen atoms in total. The van der Waals surface area contributed by atoms with Crippen LogP contribution in [0.2, 0.25) is 0 Å². The summed E-state index contributed by atoms with van der Waals surface area (Å²) in [5.41, 5.74) is 0.549. The number of rotatable bonds is 2. The molecule has 1 aromatic rings. The van der Waals surface area contributed by atoms with Crippen molar-refractivity contribution in [2.24, 2.45) is 5.92 Å². The lowest BCUT2D eigenvalue weighted by Gasteiger charge is -2.30. The first-order valence-corrected chi connectivity index (χ1v) is 5.52. The third-order valence-corrected chi connectivity index (χ3v) is 2.94. The fourth-order valence-corrected chi connectivity index (χ4v) is 1.85. The smallest absolute Gasteiger partial charge is 0.155 e. The highest BCUT2D eigenvalue weighted by molar-refractivity contribution is 5.40. The monoisotopic (exact) mass is 217 g/mol. The topological polar surface area (TPSA) is 57.9 Å². The van der Waals surface area contributed by atoms with E-state index in [1.165, 1.54) is 0 Å². The van der Waals surface area contributed by atoms with Crippen LogP contribution in [0.3, 0.4) is 0 Å². The molecule has 0 amide bonds. The van der Waals surface area contributed by atoms with Gasteiger partial charge in [0.05, 0.1) is 11.8 Å². The molecule has 1 aromatic heterocycles. The lowest BCUT2D eigenvalue weighted by atomic mass is 9.97. The number of hydrogen-bond acceptors (Lipinski definition) is 4. The van der Waals surface area contributed by atoms with E-state index in [-0.39, 0.29) is 6.10 Å².